The third kappa shape index (κ3) is 2.89. The van der Waals surface area contributed by atoms with Crippen LogP contribution in [0.1, 0.15) is 17.1 Å². The van der Waals surface area contributed by atoms with E-state index in [2.05, 4.69) is 9.97 Å². The molecule has 0 saturated heterocycles. The Kier molecular flexibility index (Phi) is 3.26. The maximum Gasteiger partial charge on any atom is 0.211 e. The Morgan fingerprint density at radius 2 is 1.94 bits per heavy atom. The molecule has 0 atom stereocenters. The van der Waals surface area contributed by atoms with Crippen LogP contribution < -0.4 is 0 Å². The predicted octanol–water partition coefficient (Wildman–Crippen LogP) is 2.13. The SMILES string of the molecule is Cc1cccc(CS(=O)(=O)c2nc(C)cs2)n1. The van der Waals surface area contributed by atoms with E-state index >= 15 is 0 Å². The fourth-order valence-electron chi connectivity index (χ4n) is 1.41. The van der Waals surface area contributed by atoms with E-state index in [4.69, 9.17) is 0 Å². The number of aryl methyl sites for hydroxylation is 2. The van der Waals surface area contributed by atoms with Gasteiger partial charge in [-0.3, -0.25) is 4.98 Å². The predicted molar refractivity (Wildman–Crippen MR) is 66.7 cm³/mol. The van der Waals surface area contributed by atoms with Crippen molar-refractivity contribution in [3.63, 3.8) is 0 Å². The Morgan fingerprint density at radius 3 is 2.53 bits per heavy atom. The normalized spacial score (nSPS) is 11.6. The minimum atomic E-state index is -3.36. The summed E-state index contributed by atoms with van der Waals surface area (Å²) in [6.07, 6.45) is 0. The average molecular weight is 268 g/mol. The van der Waals surface area contributed by atoms with Crippen LogP contribution in [0.3, 0.4) is 0 Å². The molecular weight excluding hydrogens is 256 g/mol. The van der Waals surface area contributed by atoms with E-state index < -0.39 is 9.84 Å². The molecule has 2 aromatic heterocycles. The Balaban J connectivity index is 2.29. The molecule has 4 nitrogen and oxygen atoms in total. The molecule has 0 fully saturated rings. The highest BCUT2D eigenvalue weighted by Gasteiger charge is 2.19. The van der Waals surface area contributed by atoms with Crippen LogP contribution in [0.5, 0.6) is 0 Å². The number of pyridine rings is 1. The molecular formula is C11H12N2O2S2. The largest absolute Gasteiger partial charge is 0.257 e. The number of rotatable bonds is 3. The van der Waals surface area contributed by atoms with Crippen molar-refractivity contribution in [3.8, 4) is 0 Å². The zero-order valence-electron chi connectivity index (χ0n) is 9.54. The quantitative estimate of drug-likeness (QED) is 0.855. The van der Waals surface area contributed by atoms with Gasteiger partial charge in [-0.2, -0.15) is 0 Å². The van der Waals surface area contributed by atoms with Gasteiger partial charge in [0.25, 0.3) is 0 Å². The third-order valence-corrected chi connectivity index (χ3v) is 5.25. The first kappa shape index (κ1) is 12.2. The fourth-order valence-corrected chi connectivity index (χ4v) is 3.80. The lowest BCUT2D eigenvalue weighted by molar-refractivity contribution is 0.593. The van der Waals surface area contributed by atoms with Crippen LogP contribution in [0.25, 0.3) is 0 Å². The van der Waals surface area contributed by atoms with Crippen LogP contribution in [-0.4, -0.2) is 18.4 Å². The highest BCUT2D eigenvalue weighted by atomic mass is 32.2. The molecule has 0 bridgehead atoms. The summed E-state index contributed by atoms with van der Waals surface area (Å²) in [5, 5.41) is 1.73. The van der Waals surface area contributed by atoms with E-state index in [0.717, 1.165) is 22.7 Å². The monoisotopic (exact) mass is 268 g/mol. The van der Waals surface area contributed by atoms with Crippen molar-refractivity contribution in [2.45, 2.75) is 23.9 Å². The first-order valence-corrected chi connectivity index (χ1v) is 7.58. The summed E-state index contributed by atoms with van der Waals surface area (Å²) in [6.45, 7) is 3.62. The summed E-state index contributed by atoms with van der Waals surface area (Å²) in [6, 6.07) is 5.36. The molecule has 0 amide bonds. The number of sulfone groups is 1. The van der Waals surface area contributed by atoms with E-state index in [9.17, 15) is 8.42 Å². The molecule has 2 aromatic rings. The second-order valence-electron chi connectivity index (χ2n) is 3.78. The van der Waals surface area contributed by atoms with Crippen LogP contribution in [0.4, 0.5) is 0 Å². The molecule has 0 N–H and O–H groups in total. The van der Waals surface area contributed by atoms with Crippen LogP contribution in [0, 0.1) is 13.8 Å². The molecule has 0 aromatic carbocycles. The molecule has 0 unspecified atom stereocenters. The van der Waals surface area contributed by atoms with Gasteiger partial charge in [0.05, 0.1) is 11.4 Å². The molecule has 0 saturated carbocycles. The highest BCUT2D eigenvalue weighted by Crippen LogP contribution is 2.19. The van der Waals surface area contributed by atoms with Gasteiger partial charge in [-0.25, -0.2) is 13.4 Å². The van der Waals surface area contributed by atoms with Crippen molar-refractivity contribution in [2.24, 2.45) is 0 Å². The molecule has 2 heterocycles. The zero-order valence-corrected chi connectivity index (χ0v) is 11.2. The fraction of sp³-hybridized carbons (Fsp3) is 0.273. The maximum atomic E-state index is 12.0. The van der Waals surface area contributed by atoms with E-state index in [0.29, 0.717) is 5.69 Å². The van der Waals surface area contributed by atoms with E-state index in [1.165, 1.54) is 0 Å². The molecule has 17 heavy (non-hydrogen) atoms. The van der Waals surface area contributed by atoms with Gasteiger partial charge in [-0.1, -0.05) is 6.07 Å². The van der Waals surface area contributed by atoms with Gasteiger partial charge >= 0.3 is 0 Å². The van der Waals surface area contributed by atoms with Crippen molar-refractivity contribution in [1.82, 2.24) is 9.97 Å². The summed E-state index contributed by atoms with van der Waals surface area (Å²) in [7, 11) is -3.36. The molecule has 0 aliphatic carbocycles. The second-order valence-corrected chi connectivity index (χ2v) is 6.81. The first-order chi connectivity index (χ1) is 7.97. The van der Waals surface area contributed by atoms with E-state index in [-0.39, 0.29) is 10.1 Å². The molecule has 0 aliphatic heterocycles. The molecule has 0 radical (unpaired) electrons. The van der Waals surface area contributed by atoms with Crippen LogP contribution >= 0.6 is 11.3 Å². The van der Waals surface area contributed by atoms with Gasteiger partial charge in [-0.15, -0.1) is 11.3 Å². The summed E-state index contributed by atoms with van der Waals surface area (Å²) < 4.78 is 24.2. The molecule has 0 aliphatic rings. The number of hydrogen-bond acceptors (Lipinski definition) is 5. The standard InChI is InChI=1S/C11H12N2O2S2/c1-8-4-3-5-10(12-8)7-17(14,15)11-13-9(2)6-16-11/h3-6H,7H2,1-2H3. The number of nitrogens with zero attached hydrogens (tertiary/aromatic N) is 2. The molecule has 2 rings (SSSR count). The lowest BCUT2D eigenvalue weighted by Crippen LogP contribution is -2.06. The Bertz CT molecular complexity index is 632. The van der Waals surface area contributed by atoms with Crippen molar-refractivity contribution in [3.05, 3.63) is 40.7 Å². The number of hydrogen-bond donors (Lipinski definition) is 0. The van der Waals surface area contributed by atoms with Gasteiger partial charge in [0.2, 0.25) is 14.2 Å². The van der Waals surface area contributed by atoms with Crippen LogP contribution in [-0.2, 0) is 15.6 Å². The van der Waals surface area contributed by atoms with Crippen LogP contribution in [0.15, 0.2) is 27.9 Å². The molecule has 6 heteroatoms. The Morgan fingerprint density at radius 1 is 1.18 bits per heavy atom. The molecule has 0 spiro atoms. The average Bonchev–Trinajstić information content (AvgIpc) is 2.65. The topological polar surface area (TPSA) is 59.9 Å². The Hall–Kier alpha value is -1.27. The van der Waals surface area contributed by atoms with Gasteiger partial charge in [0.1, 0.15) is 0 Å². The van der Waals surface area contributed by atoms with Gasteiger partial charge in [-0.05, 0) is 26.0 Å². The van der Waals surface area contributed by atoms with Gasteiger partial charge in [0, 0.05) is 16.8 Å². The number of aromatic nitrogens is 2. The summed E-state index contributed by atoms with van der Waals surface area (Å²) in [4.78, 5) is 8.19. The maximum absolute atomic E-state index is 12.0. The smallest absolute Gasteiger partial charge is 0.211 e. The van der Waals surface area contributed by atoms with Gasteiger partial charge < -0.3 is 0 Å². The minimum absolute atomic E-state index is 0.0956. The van der Waals surface area contributed by atoms with Crippen LogP contribution in [0.2, 0.25) is 0 Å². The summed E-state index contributed by atoms with van der Waals surface area (Å²) in [5.41, 5.74) is 2.09. The van der Waals surface area contributed by atoms with Gasteiger partial charge in [0.15, 0.2) is 0 Å². The van der Waals surface area contributed by atoms with E-state index in [1.54, 1.807) is 24.4 Å². The number of thiazole rings is 1. The molecule has 90 valence electrons. The minimum Gasteiger partial charge on any atom is -0.257 e. The summed E-state index contributed by atoms with van der Waals surface area (Å²) >= 11 is 1.15. The highest BCUT2D eigenvalue weighted by molar-refractivity contribution is 7.92. The Labute approximate surface area is 104 Å². The lowest BCUT2D eigenvalue weighted by Gasteiger charge is -2.01. The van der Waals surface area contributed by atoms with Crippen molar-refractivity contribution in [2.75, 3.05) is 0 Å². The first-order valence-electron chi connectivity index (χ1n) is 5.05. The van der Waals surface area contributed by atoms with Crippen molar-refractivity contribution >= 4 is 21.2 Å². The second kappa shape index (κ2) is 4.54. The van der Waals surface area contributed by atoms with E-state index in [1.807, 2.05) is 13.0 Å². The lowest BCUT2D eigenvalue weighted by atomic mass is 10.3. The summed E-state index contributed by atoms with van der Waals surface area (Å²) in [5.74, 6) is -0.0956. The van der Waals surface area contributed by atoms with Crippen molar-refractivity contribution in [1.29, 1.82) is 0 Å². The third-order valence-electron chi connectivity index (χ3n) is 2.15. The zero-order chi connectivity index (χ0) is 12.5. The van der Waals surface area contributed by atoms with Crippen molar-refractivity contribution < 1.29 is 8.42 Å².